The van der Waals surface area contributed by atoms with Crippen molar-refractivity contribution in [3.8, 4) is 0 Å². The zero-order valence-electron chi connectivity index (χ0n) is 19.7. The van der Waals surface area contributed by atoms with E-state index in [0.29, 0.717) is 19.4 Å². The highest BCUT2D eigenvalue weighted by molar-refractivity contribution is 5.38. The molecule has 1 heterocycles. The second-order valence-electron chi connectivity index (χ2n) is 12.0. The second-order valence-corrected chi connectivity index (χ2v) is 12.0. The van der Waals surface area contributed by atoms with E-state index < -0.39 is 64.2 Å². The van der Waals surface area contributed by atoms with E-state index in [1.807, 2.05) is 7.05 Å². The first-order chi connectivity index (χ1) is 15.0. The standard InChI is InChI=1S/C24H39NO7/c1-6-21-9-25(3)18-15-16(32-5)17(21)23(18,13(31-4)7-12(21)26)11-8-22(29)10(2)19(27)24(15,30)14(11)20(22)28/h10-20,26-30H,6-9H2,1-5H3/t10-,11+,12+,13-,14+,15?,16-,17+,18+,19-,20+,21+,22-,23-,24+/m0/s1. The monoisotopic (exact) mass is 453 g/mol. The minimum Gasteiger partial charge on any atom is -0.392 e. The lowest BCUT2D eigenvalue weighted by Gasteiger charge is -2.70. The highest BCUT2D eigenvalue weighted by Gasteiger charge is 2.89. The first kappa shape index (κ1) is 22.2. The van der Waals surface area contributed by atoms with Crippen molar-refractivity contribution in [2.75, 3.05) is 27.8 Å². The topological polar surface area (TPSA) is 123 Å². The van der Waals surface area contributed by atoms with Gasteiger partial charge in [0.2, 0.25) is 0 Å². The Morgan fingerprint density at radius 3 is 2.31 bits per heavy atom. The van der Waals surface area contributed by atoms with Gasteiger partial charge in [0.15, 0.2) is 0 Å². The first-order valence-corrected chi connectivity index (χ1v) is 12.3. The van der Waals surface area contributed by atoms with Crippen molar-refractivity contribution in [3.05, 3.63) is 0 Å². The molecule has 0 aromatic carbocycles. The molecular weight excluding hydrogens is 414 g/mol. The van der Waals surface area contributed by atoms with E-state index in [2.05, 4.69) is 11.8 Å². The van der Waals surface area contributed by atoms with Crippen molar-refractivity contribution < 1.29 is 35.0 Å². The lowest BCUT2D eigenvalue weighted by molar-refractivity contribution is -0.308. The van der Waals surface area contributed by atoms with Gasteiger partial charge in [-0.3, -0.25) is 0 Å². The predicted octanol–water partition coefficient (Wildman–Crippen LogP) is -0.793. The van der Waals surface area contributed by atoms with Crippen molar-refractivity contribution >= 4 is 0 Å². The van der Waals surface area contributed by atoms with Gasteiger partial charge in [0.05, 0.1) is 36.1 Å². The molecule has 6 aliphatic rings. The van der Waals surface area contributed by atoms with Gasteiger partial charge in [-0.15, -0.1) is 0 Å². The van der Waals surface area contributed by atoms with Gasteiger partial charge in [0, 0.05) is 67.7 Å². The molecule has 182 valence electrons. The Morgan fingerprint density at radius 2 is 1.72 bits per heavy atom. The van der Waals surface area contributed by atoms with E-state index in [1.165, 1.54) is 0 Å². The quantitative estimate of drug-likeness (QED) is 0.377. The van der Waals surface area contributed by atoms with E-state index >= 15 is 0 Å². The molecule has 0 aromatic heterocycles. The first-order valence-electron chi connectivity index (χ1n) is 12.3. The summed E-state index contributed by atoms with van der Waals surface area (Å²) in [6, 6.07) is -0.143. The summed E-state index contributed by atoms with van der Waals surface area (Å²) in [6.07, 6.45) is -2.04. The van der Waals surface area contributed by atoms with Gasteiger partial charge in [-0.25, -0.2) is 0 Å². The van der Waals surface area contributed by atoms with Crippen LogP contribution in [0, 0.1) is 40.4 Å². The molecule has 7 bridgehead atoms. The van der Waals surface area contributed by atoms with Crippen LogP contribution in [0.3, 0.4) is 0 Å². The van der Waals surface area contributed by atoms with Gasteiger partial charge >= 0.3 is 0 Å². The molecule has 6 rings (SSSR count). The fourth-order valence-electron chi connectivity index (χ4n) is 10.9. The Kier molecular flexibility index (Phi) is 4.34. The molecule has 5 aliphatic carbocycles. The summed E-state index contributed by atoms with van der Waals surface area (Å²) in [6.45, 7) is 4.53. The zero-order chi connectivity index (χ0) is 23.2. The molecule has 8 nitrogen and oxygen atoms in total. The number of methoxy groups -OCH3 is 2. The van der Waals surface area contributed by atoms with Gasteiger partial charge in [-0.2, -0.15) is 0 Å². The van der Waals surface area contributed by atoms with Crippen LogP contribution in [0.2, 0.25) is 0 Å². The van der Waals surface area contributed by atoms with Crippen molar-refractivity contribution in [1.82, 2.24) is 4.90 Å². The molecule has 0 amide bonds. The van der Waals surface area contributed by atoms with E-state index in [-0.39, 0.29) is 24.0 Å². The smallest absolute Gasteiger partial charge is 0.103 e. The van der Waals surface area contributed by atoms with Crippen molar-refractivity contribution in [2.45, 2.75) is 80.9 Å². The predicted molar refractivity (Wildman–Crippen MR) is 113 cm³/mol. The molecule has 5 N–H and O–H groups in total. The van der Waals surface area contributed by atoms with Crippen LogP contribution in [0.25, 0.3) is 0 Å². The number of hydrogen-bond acceptors (Lipinski definition) is 8. The van der Waals surface area contributed by atoms with Crippen molar-refractivity contribution in [2.24, 2.45) is 40.4 Å². The fourth-order valence-corrected chi connectivity index (χ4v) is 10.9. The Bertz CT molecular complexity index is 828. The highest BCUT2D eigenvalue weighted by Crippen LogP contribution is 2.80. The Morgan fingerprint density at radius 1 is 1.03 bits per heavy atom. The number of ether oxygens (including phenoxy) is 2. The zero-order valence-corrected chi connectivity index (χ0v) is 19.7. The summed E-state index contributed by atoms with van der Waals surface area (Å²) in [5.41, 5.74) is -4.01. The molecule has 5 saturated carbocycles. The van der Waals surface area contributed by atoms with Crippen LogP contribution in [0.4, 0.5) is 0 Å². The lowest BCUT2D eigenvalue weighted by atomic mass is 9.42. The lowest BCUT2D eigenvalue weighted by Crippen LogP contribution is -2.79. The minimum atomic E-state index is -1.60. The number of likely N-dealkylation sites (tertiary alicyclic amines) is 1. The maximum Gasteiger partial charge on any atom is 0.103 e. The van der Waals surface area contributed by atoms with Crippen molar-refractivity contribution in [3.63, 3.8) is 0 Å². The number of nitrogens with zero attached hydrogens (tertiary/aromatic N) is 1. The maximum absolute atomic E-state index is 12.4. The van der Waals surface area contributed by atoms with Gasteiger partial charge in [-0.05, 0) is 25.8 Å². The minimum absolute atomic E-state index is 0.110. The van der Waals surface area contributed by atoms with E-state index in [9.17, 15) is 25.5 Å². The van der Waals surface area contributed by atoms with Crippen LogP contribution in [0.15, 0.2) is 0 Å². The van der Waals surface area contributed by atoms with Crippen LogP contribution in [-0.4, -0.2) is 106 Å². The van der Waals surface area contributed by atoms with Crippen LogP contribution in [-0.2, 0) is 9.47 Å². The third-order valence-electron chi connectivity index (χ3n) is 11.9. The van der Waals surface area contributed by atoms with Crippen molar-refractivity contribution in [1.29, 1.82) is 0 Å². The van der Waals surface area contributed by atoms with Gasteiger partial charge < -0.3 is 39.9 Å². The molecule has 8 heteroatoms. The highest BCUT2D eigenvalue weighted by atomic mass is 16.5. The molecule has 15 atom stereocenters. The second kappa shape index (κ2) is 6.26. The maximum atomic E-state index is 12.4. The molecule has 1 spiro atoms. The molecule has 1 unspecified atom stereocenters. The molecular formula is C24H39NO7. The number of aliphatic hydroxyl groups excluding tert-OH is 3. The number of piperidine rings is 1. The average Bonchev–Trinajstić information content (AvgIpc) is 3.15. The van der Waals surface area contributed by atoms with E-state index in [1.54, 1.807) is 21.1 Å². The van der Waals surface area contributed by atoms with E-state index in [0.717, 1.165) is 6.42 Å². The fraction of sp³-hybridized carbons (Fsp3) is 1.00. The van der Waals surface area contributed by atoms with Gasteiger partial charge in [0.1, 0.15) is 5.60 Å². The van der Waals surface area contributed by atoms with Crippen LogP contribution in [0.1, 0.15) is 33.1 Å². The van der Waals surface area contributed by atoms with E-state index in [4.69, 9.17) is 9.47 Å². The van der Waals surface area contributed by atoms with Crippen LogP contribution in [0.5, 0.6) is 0 Å². The Hall–Kier alpha value is -0.320. The molecule has 6 fully saturated rings. The molecule has 32 heavy (non-hydrogen) atoms. The molecule has 1 saturated heterocycles. The molecule has 1 aliphatic heterocycles. The van der Waals surface area contributed by atoms with Crippen LogP contribution >= 0.6 is 0 Å². The summed E-state index contributed by atoms with van der Waals surface area (Å²) >= 11 is 0. The Balaban J connectivity index is 1.69. The third-order valence-corrected chi connectivity index (χ3v) is 11.9. The van der Waals surface area contributed by atoms with Gasteiger partial charge in [-0.1, -0.05) is 13.8 Å². The average molecular weight is 454 g/mol. The number of aliphatic hydroxyl groups is 5. The number of fused-ring (bicyclic) bond motifs is 2. The SMILES string of the molecule is CC[C@]12CN(C)[C@@H]3C4[C@H](OC)[C@H]1[C@@]3([C@@H](OC)C[C@H]2O)[C@@H]1C[C@@]2(O)[C@H](O)[C@@H]1[C@]4(O)[C@@H](O)[C@@H]2C. The summed E-state index contributed by atoms with van der Waals surface area (Å²) < 4.78 is 12.3. The number of rotatable bonds is 3. The largest absolute Gasteiger partial charge is 0.392 e. The van der Waals surface area contributed by atoms with Crippen LogP contribution < -0.4 is 0 Å². The van der Waals surface area contributed by atoms with Gasteiger partial charge in [0.25, 0.3) is 0 Å². The third kappa shape index (κ3) is 1.86. The number of hydrogen-bond donors (Lipinski definition) is 5. The molecule has 0 aromatic rings. The summed E-state index contributed by atoms with van der Waals surface area (Å²) in [5.74, 6) is -2.18. The summed E-state index contributed by atoms with van der Waals surface area (Å²) in [7, 11) is 5.39. The Labute approximate surface area is 189 Å². The summed E-state index contributed by atoms with van der Waals surface area (Å²) in [4.78, 5) is 2.26. The normalized spacial score (nSPS) is 67.1. The summed E-state index contributed by atoms with van der Waals surface area (Å²) in [5, 5.41) is 58.5. The molecule has 0 radical (unpaired) electrons.